The first-order valence-electron chi connectivity index (χ1n) is 5.81. The number of nitro groups is 1. The molecule has 0 radical (unpaired) electrons. The van der Waals surface area contributed by atoms with Crippen LogP contribution in [-0.2, 0) is 13.2 Å². The van der Waals surface area contributed by atoms with Crippen molar-refractivity contribution in [3.8, 4) is 5.75 Å². The van der Waals surface area contributed by atoms with E-state index in [2.05, 4.69) is 4.98 Å². The molecule has 7 heteroatoms. The lowest BCUT2D eigenvalue weighted by Gasteiger charge is -2.07. The average molecular weight is 294 g/mol. The van der Waals surface area contributed by atoms with Gasteiger partial charge in [-0.1, -0.05) is 11.6 Å². The predicted molar refractivity (Wildman–Crippen MR) is 74.6 cm³/mol. The van der Waals surface area contributed by atoms with Crippen LogP contribution in [0.1, 0.15) is 11.3 Å². The number of aromatic nitrogens is 1. The van der Waals surface area contributed by atoms with Crippen molar-refractivity contribution in [1.29, 1.82) is 0 Å². The van der Waals surface area contributed by atoms with Gasteiger partial charge in [-0.05, 0) is 18.2 Å². The van der Waals surface area contributed by atoms with E-state index in [-0.39, 0.29) is 12.3 Å². The highest BCUT2D eigenvalue weighted by atomic mass is 35.5. The van der Waals surface area contributed by atoms with Crippen LogP contribution in [0.25, 0.3) is 0 Å². The SMILES string of the molecule is NCc1ccc(OCc2ccc([N+](=O)[O-])cc2Cl)cn1. The second-order valence-electron chi connectivity index (χ2n) is 4.01. The summed E-state index contributed by atoms with van der Waals surface area (Å²) in [7, 11) is 0. The minimum atomic E-state index is -0.494. The van der Waals surface area contributed by atoms with Crippen LogP contribution in [0, 0.1) is 10.1 Å². The molecule has 0 unspecified atom stereocenters. The topological polar surface area (TPSA) is 91.3 Å². The zero-order valence-electron chi connectivity index (χ0n) is 10.5. The van der Waals surface area contributed by atoms with Crippen molar-refractivity contribution in [3.05, 3.63) is 62.9 Å². The monoisotopic (exact) mass is 293 g/mol. The third-order valence-corrected chi connectivity index (χ3v) is 3.00. The maximum absolute atomic E-state index is 10.6. The van der Waals surface area contributed by atoms with E-state index >= 15 is 0 Å². The van der Waals surface area contributed by atoms with Crippen molar-refractivity contribution in [2.45, 2.75) is 13.2 Å². The molecule has 2 N–H and O–H groups in total. The van der Waals surface area contributed by atoms with E-state index in [1.165, 1.54) is 12.1 Å². The van der Waals surface area contributed by atoms with Crippen LogP contribution in [-0.4, -0.2) is 9.91 Å². The zero-order valence-corrected chi connectivity index (χ0v) is 11.2. The van der Waals surface area contributed by atoms with Gasteiger partial charge in [0.25, 0.3) is 5.69 Å². The number of halogens is 1. The van der Waals surface area contributed by atoms with Crippen molar-refractivity contribution in [1.82, 2.24) is 4.98 Å². The van der Waals surface area contributed by atoms with Crippen LogP contribution in [0.3, 0.4) is 0 Å². The molecule has 0 bridgehead atoms. The fourth-order valence-electron chi connectivity index (χ4n) is 1.54. The Labute approximate surface area is 120 Å². The Morgan fingerprint density at radius 1 is 1.35 bits per heavy atom. The highest BCUT2D eigenvalue weighted by molar-refractivity contribution is 6.31. The van der Waals surface area contributed by atoms with Crippen molar-refractivity contribution in [2.24, 2.45) is 5.73 Å². The Hall–Kier alpha value is -2.18. The molecule has 20 heavy (non-hydrogen) atoms. The molecule has 0 aliphatic carbocycles. The summed E-state index contributed by atoms with van der Waals surface area (Å²) < 4.78 is 5.52. The van der Waals surface area contributed by atoms with E-state index < -0.39 is 4.92 Å². The summed E-state index contributed by atoms with van der Waals surface area (Å²) in [6.45, 7) is 0.578. The normalized spacial score (nSPS) is 10.3. The maximum atomic E-state index is 10.6. The van der Waals surface area contributed by atoms with Crippen LogP contribution in [0.2, 0.25) is 5.02 Å². The molecule has 0 amide bonds. The van der Waals surface area contributed by atoms with Crippen LogP contribution < -0.4 is 10.5 Å². The zero-order chi connectivity index (χ0) is 14.5. The van der Waals surface area contributed by atoms with Gasteiger partial charge < -0.3 is 10.5 Å². The minimum absolute atomic E-state index is 0.0484. The Morgan fingerprint density at radius 3 is 2.70 bits per heavy atom. The molecule has 0 aliphatic heterocycles. The molecule has 0 spiro atoms. The van der Waals surface area contributed by atoms with Crippen LogP contribution in [0.4, 0.5) is 5.69 Å². The molecule has 1 heterocycles. The van der Waals surface area contributed by atoms with E-state index in [0.29, 0.717) is 22.9 Å². The lowest BCUT2D eigenvalue weighted by Crippen LogP contribution is -2.01. The summed E-state index contributed by atoms with van der Waals surface area (Å²) in [6.07, 6.45) is 1.57. The first kappa shape index (κ1) is 14.2. The average Bonchev–Trinajstić information content (AvgIpc) is 2.46. The number of ether oxygens (including phenoxy) is 1. The number of nitrogens with two attached hydrogens (primary N) is 1. The van der Waals surface area contributed by atoms with Crippen molar-refractivity contribution >= 4 is 17.3 Å². The van der Waals surface area contributed by atoms with Crippen molar-refractivity contribution in [3.63, 3.8) is 0 Å². The summed E-state index contributed by atoms with van der Waals surface area (Å²) >= 11 is 5.97. The van der Waals surface area contributed by atoms with Gasteiger partial charge in [-0.2, -0.15) is 0 Å². The van der Waals surface area contributed by atoms with Crippen LogP contribution in [0.5, 0.6) is 5.75 Å². The van der Waals surface area contributed by atoms with Gasteiger partial charge >= 0.3 is 0 Å². The van der Waals surface area contributed by atoms with E-state index in [1.807, 2.05) is 0 Å². The van der Waals surface area contributed by atoms with Gasteiger partial charge in [-0.15, -0.1) is 0 Å². The molecule has 0 fully saturated rings. The molecule has 2 aromatic rings. The maximum Gasteiger partial charge on any atom is 0.270 e. The molecule has 6 nitrogen and oxygen atoms in total. The number of benzene rings is 1. The van der Waals surface area contributed by atoms with E-state index in [9.17, 15) is 10.1 Å². The van der Waals surface area contributed by atoms with Crippen molar-refractivity contribution in [2.75, 3.05) is 0 Å². The number of non-ortho nitro benzene ring substituents is 1. The Kier molecular flexibility index (Phi) is 4.49. The number of pyridine rings is 1. The molecule has 0 saturated carbocycles. The van der Waals surface area contributed by atoms with E-state index in [4.69, 9.17) is 22.1 Å². The third-order valence-electron chi connectivity index (χ3n) is 2.65. The van der Waals surface area contributed by atoms with Gasteiger partial charge in [0.15, 0.2) is 0 Å². The lowest BCUT2D eigenvalue weighted by molar-refractivity contribution is -0.384. The smallest absolute Gasteiger partial charge is 0.270 e. The highest BCUT2D eigenvalue weighted by Crippen LogP contribution is 2.23. The Balaban J connectivity index is 2.04. The Morgan fingerprint density at radius 2 is 2.15 bits per heavy atom. The first-order valence-corrected chi connectivity index (χ1v) is 6.18. The van der Waals surface area contributed by atoms with Gasteiger partial charge in [0.1, 0.15) is 12.4 Å². The molecule has 1 aromatic carbocycles. The molecule has 104 valence electrons. The van der Waals surface area contributed by atoms with Gasteiger partial charge in [0.2, 0.25) is 0 Å². The lowest BCUT2D eigenvalue weighted by atomic mass is 10.2. The molecular weight excluding hydrogens is 282 g/mol. The van der Waals surface area contributed by atoms with Gasteiger partial charge in [0, 0.05) is 24.2 Å². The quantitative estimate of drug-likeness (QED) is 0.676. The summed E-state index contributed by atoms with van der Waals surface area (Å²) in [4.78, 5) is 14.2. The van der Waals surface area contributed by atoms with Gasteiger partial charge in [-0.3, -0.25) is 15.1 Å². The molecule has 2 rings (SSSR count). The summed E-state index contributed by atoms with van der Waals surface area (Å²) in [5.74, 6) is 0.580. The van der Waals surface area contributed by atoms with Gasteiger partial charge in [-0.25, -0.2) is 0 Å². The summed E-state index contributed by atoms with van der Waals surface area (Å²) in [5, 5.41) is 10.9. The second-order valence-corrected chi connectivity index (χ2v) is 4.42. The number of hydrogen-bond donors (Lipinski definition) is 1. The Bertz CT molecular complexity index is 617. The first-order chi connectivity index (χ1) is 9.60. The largest absolute Gasteiger partial charge is 0.487 e. The standard InChI is InChI=1S/C13H12ClN3O3/c14-13-5-11(17(18)19)3-1-9(13)8-20-12-4-2-10(6-15)16-7-12/h1-5,7H,6,8,15H2. The van der Waals surface area contributed by atoms with Crippen LogP contribution in [0.15, 0.2) is 36.5 Å². The van der Waals surface area contributed by atoms with E-state index in [0.717, 1.165) is 5.69 Å². The second kappa shape index (κ2) is 6.31. The third kappa shape index (κ3) is 3.43. The van der Waals surface area contributed by atoms with Crippen LogP contribution >= 0.6 is 11.6 Å². The summed E-state index contributed by atoms with van der Waals surface area (Å²) in [5.41, 5.74) is 6.84. The fraction of sp³-hybridized carbons (Fsp3) is 0.154. The fourth-order valence-corrected chi connectivity index (χ4v) is 1.77. The van der Waals surface area contributed by atoms with E-state index in [1.54, 1.807) is 24.4 Å². The highest BCUT2D eigenvalue weighted by Gasteiger charge is 2.09. The predicted octanol–water partition coefficient (Wildman–Crippen LogP) is 2.68. The number of nitrogens with zero attached hydrogens (tertiary/aromatic N) is 2. The number of hydrogen-bond acceptors (Lipinski definition) is 5. The summed E-state index contributed by atoms with van der Waals surface area (Å²) in [6, 6.07) is 7.79. The molecule has 0 aliphatic rings. The number of rotatable bonds is 5. The molecular formula is C13H12ClN3O3. The molecule has 0 saturated heterocycles. The van der Waals surface area contributed by atoms with Gasteiger partial charge in [0.05, 0.1) is 21.8 Å². The number of nitro benzene ring substituents is 1. The molecule has 1 aromatic heterocycles. The molecule has 0 atom stereocenters. The van der Waals surface area contributed by atoms with Crippen molar-refractivity contribution < 1.29 is 9.66 Å². The minimum Gasteiger partial charge on any atom is -0.487 e.